The Hall–Kier alpha value is -1.95. The first-order chi connectivity index (χ1) is 10.2. The second-order valence-corrected chi connectivity index (χ2v) is 5.58. The summed E-state index contributed by atoms with van der Waals surface area (Å²) in [5, 5.41) is 8.20. The molecule has 1 aliphatic heterocycles. The van der Waals surface area contributed by atoms with E-state index >= 15 is 0 Å². The van der Waals surface area contributed by atoms with E-state index in [2.05, 4.69) is 15.1 Å². The summed E-state index contributed by atoms with van der Waals surface area (Å²) in [6.07, 6.45) is 2.88. The maximum atomic E-state index is 10.8. The molecule has 0 bridgehead atoms. The molecule has 1 saturated heterocycles. The lowest BCUT2D eigenvalue weighted by molar-refractivity contribution is -0.112. The van der Waals surface area contributed by atoms with Crippen LogP contribution in [0.15, 0.2) is 14.9 Å². The van der Waals surface area contributed by atoms with E-state index in [4.69, 9.17) is 8.83 Å². The molecule has 2 aromatic heterocycles. The maximum absolute atomic E-state index is 10.8. The van der Waals surface area contributed by atoms with Crippen molar-refractivity contribution >= 4 is 6.29 Å². The largest absolute Gasteiger partial charge is 0.466 e. The third-order valence-electron chi connectivity index (χ3n) is 3.92. The number of carbonyl (C=O) groups is 1. The van der Waals surface area contributed by atoms with Crippen molar-refractivity contribution in [3.63, 3.8) is 0 Å². The summed E-state index contributed by atoms with van der Waals surface area (Å²) in [7, 11) is 0. The van der Waals surface area contributed by atoms with Gasteiger partial charge in [0.25, 0.3) is 5.89 Å². The highest BCUT2D eigenvalue weighted by Crippen LogP contribution is 2.26. The van der Waals surface area contributed by atoms with Gasteiger partial charge in [0.05, 0.1) is 12.1 Å². The number of furan rings is 1. The first kappa shape index (κ1) is 14.0. The Morgan fingerprint density at radius 1 is 1.29 bits per heavy atom. The number of likely N-dealkylation sites (tertiary alicyclic amines) is 1. The van der Waals surface area contributed by atoms with Crippen LogP contribution in [-0.2, 0) is 11.3 Å². The molecular weight excluding hydrogens is 270 g/mol. The standard InChI is InChI=1S/C15H19N3O3/c1-10-7-13(11(2)20-10)15-17-16-14(21-15)8-18-5-3-12(9-19)4-6-18/h7,9,12H,3-6,8H2,1-2H3. The van der Waals surface area contributed by atoms with Gasteiger partial charge in [-0.05, 0) is 45.8 Å². The van der Waals surface area contributed by atoms with Crippen molar-refractivity contribution in [3.8, 4) is 11.5 Å². The first-order valence-corrected chi connectivity index (χ1v) is 7.23. The number of carbonyl (C=O) groups excluding carboxylic acids is 1. The summed E-state index contributed by atoms with van der Waals surface area (Å²) < 4.78 is 11.2. The first-order valence-electron chi connectivity index (χ1n) is 7.23. The number of aryl methyl sites for hydroxylation is 2. The molecule has 1 aliphatic rings. The van der Waals surface area contributed by atoms with E-state index in [-0.39, 0.29) is 5.92 Å². The average Bonchev–Trinajstić information content (AvgIpc) is 3.06. The van der Waals surface area contributed by atoms with Crippen molar-refractivity contribution in [3.05, 3.63) is 23.5 Å². The molecule has 6 nitrogen and oxygen atoms in total. The Balaban J connectivity index is 1.66. The molecule has 0 amide bonds. The Labute approximate surface area is 123 Å². The molecule has 6 heteroatoms. The highest BCUT2D eigenvalue weighted by atomic mass is 16.4. The van der Waals surface area contributed by atoms with Crippen LogP contribution >= 0.6 is 0 Å². The molecule has 3 heterocycles. The van der Waals surface area contributed by atoms with Gasteiger partial charge >= 0.3 is 0 Å². The van der Waals surface area contributed by atoms with Gasteiger partial charge in [0.1, 0.15) is 17.8 Å². The summed E-state index contributed by atoms with van der Waals surface area (Å²) in [5.74, 6) is 2.93. The fourth-order valence-electron chi connectivity index (χ4n) is 2.71. The molecule has 0 spiro atoms. The van der Waals surface area contributed by atoms with Crippen molar-refractivity contribution in [2.24, 2.45) is 5.92 Å². The molecule has 0 atom stereocenters. The second kappa shape index (κ2) is 5.81. The molecule has 3 rings (SSSR count). The number of nitrogens with zero attached hydrogens (tertiary/aromatic N) is 3. The number of hydrogen-bond donors (Lipinski definition) is 0. The topological polar surface area (TPSA) is 72.4 Å². The molecule has 0 saturated carbocycles. The number of hydrogen-bond acceptors (Lipinski definition) is 6. The lowest BCUT2D eigenvalue weighted by Crippen LogP contribution is -2.33. The zero-order chi connectivity index (χ0) is 14.8. The Morgan fingerprint density at radius 3 is 2.67 bits per heavy atom. The SMILES string of the molecule is Cc1cc(-c2nnc(CN3CCC(C=O)CC3)o2)c(C)o1. The second-order valence-electron chi connectivity index (χ2n) is 5.58. The van der Waals surface area contributed by atoms with Crippen LogP contribution in [0.4, 0.5) is 0 Å². The van der Waals surface area contributed by atoms with Gasteiger partial charge in [-0.25, -0.2) is 0 Å². The van der Waals surface area contributed by atoms with Crippen LogP contribution in [0.3, 0.4) is 0 Å². The van der Waals surface area contributed by atoms with Crippen LogP contribution in [0.1, 0.15) is 30.3 Å². The van der Waals surface area contributed by atoms with Crippen LogP contribution in [0.5, 0.6) is 0 Å². The van der Waals surface area contributed by atoms with Crippen molar-refractivity contribution in [1.29, 1.82) is 0 Å². The molecule has 112 valence electrons. The highest BCUT2D eigenvalue weighted by molar-refractivity contribution is 5.55. The number of rotatable bonds is 4. The van der Waals surface area contributed by atoms with Gasteiger partial charge in [-0.1, -0.05) is 0 Å². The lowest BCUT2D eigenvalue weighted by Gasteiger charge is -2.28. The normalized spacial score (nSPS) is 17.2. The van der Waals surface area contributed by atoms with E-state index in [1.165, 1.54) is 0 Å². The van der Waals surface area contributed by atoms with Crippen molar-refractivity contribution in [1.82, 2.24) is 15.1 Å². The highest BCUT2D eigenvalue weighted by Gasteiger charge is 2.21. The van der Waals surface area contributed by atoms with Gasteiger partial charge in [-0.2, -0.15) is 0 Å². The number of piperidine rings is 1. The predicted molar refractivity (Wildman–Crippen MR) is 75.5 cm³/mol. The third-order valence-corrected chi connectivity index (χ3v) is 3.92. The van der Waals surface area contributed by atoms with E-state index < -0.39 is 0 Å². The van der Waals surface area contributed by atoms with E-state index in [9.17, 15) is 4.79 Å². The van der Waals surface area contributed by atoms with Gasteiger partial charge in [0, 0.05) is 5.92 Å². The zero-order valence-electron chi connectivity index (χ0n) is 12.3. The van der Waals surface area contributed by atoms with Crippen LogP contribution in [0.2, 0.25) is 0 Å². The van der Waals surface area contributed by atoms with Crippen LogP contribution in [0.25, 0.3) is 11.5 Å². The number of aldehydes is 1. The van der Waals surface area contributed by atoms with Crippen molar-refractivity contribution in [2.45, 2.75) is 33.2 Å². The smallest absolute Gasteiger partial charge is 0.251 e. The summed E-state index contributed by atoms with van der Waals surface area (Å²) >= 11 is 0. The van der Waals surface area contributed by atoms with Crippen LogP contribution in [0, 0.1) is 19.8 Å². The summed E-state index contributed by atoms with van der Waals surface area (Å²) in [6.45, 7) is 6.20. The van der Waals surface area contributed by atoms with Gasteiger partial charge in [-0.3, -0.25) is 4.90 Å². The monoisotopic (exact) mass is 289 g/mol. The summed E-state index contributed by atoms with van der Waals surface area (Å²) in [4.78, 5) is 13.0. The molecule has 1 fully saturated rings. The molecule has 2 aromatic rings. The molecule has 0 N–H and O–H groups in total. The fraction of sp³-hybridized carbons (Fsp3) is 0.533. The molecule has 0 aliphatic carbocycles. The van der Waals surface area contributed by atoms with Crippen LogP contribution < -0.4 is 0 Å². The predicted octanol–water partition coefficient (Wildman–Crippen LogP) is 2.36. The minimum atomic E-state index is 0.205. The summed E-state index contributed by atoms with van der Waals surface area (Å²) in [5.41, 5.74) is 0.853. The van der Waals surface area contributed by atoms with E-state index in [0.717, 1.165) is 49.3 Å². The van der Waals surface area contributed by atoms with Gasteiger partial charge in [0.2, 0.25) is 5.89 Å². The molecule has 21 heavy (non-hydrogen) atoms. The quantitative estimate of drug-likeness (QED) is 0.804. The van der Waals surface area contributed by atoms with Crippen molar-refractivity contribution in [2.75, 3.05) is 13.1 Å². The maximum Gasteiger partial charge on any atom is 0.251 e. The molecule has 0 unspecified atom stereocenters. The van der Waals surface area contributed by atoms with E-state index in [1.54, 1.807) is 0 Å². The molecule has 0 radical (unpaired) electrons. The Kier molecular flexibility index (Phi) is 3.88. The van der Waals surface area contributed by atoms with Gasteiger partial charge < -0.3 is 13.6 Å². The Morgan fingerprint density at radius 2 is 2.05 bits per heavy atom. The summed E-state index contributed by atoms with van der Waals surface area (Å²) in [6, 6.07) is 1.90. The van der Waals surface area contributed by atoms with Gasteiger partial charge in [0.15, 0.2) is 0 Å². The minimum absolute atomic E-state index is 0.205. The Bertz CT molecular complexity index is 624. The van der Waals surface area contributed by atoms with E-state index in [0.29, 0.717) is 18.3 Å². The average molecular weight is 289 g/mol. The van der Waals surface area contributed by atoms with E-state index in [1.807, 2.05) is 19.9 Å². The fourth-order valence-corrected chi connectivity index (χ4v) is 2.71. The van der Waals surface area contributed by atoms with Crippen LogP contribution in [-0.4, -0.2) is 34.5 Å². The zero-order valence-corrected chi connectivity index (χ0v) is 12.3. The van der Waals surface area contributed by atoms with Crippen molar-refractivity contribution < 1.29 is 13.6 Å². The molecular formula is C15H19N3O3. The minimum Gasteiger partial charge on any atom is -0.466 e. The number of aromatic nitrogens is 2. The third kappa shape index (κ3) is 3.05. The lowest BCUT2D eigenvalue weighted by atomic mass is 9.99. The molecule has 0 aromatic carbocycles. The van der Waals surface area contributed by atoms with Gasteiger partial charge in [-0.15, -0.1) is 10.2 Å².